The molecule has 1 aromatic heterocycles. The molecule has 4 nitrogen and oxygen atoms in total. The molecule has 104 valence electrons. The molecular formula is C15H24N4. The number of nitrogens with zero attached hydrogens (tertiary/aromatic N) is 2. The van der Waals surface area contributed by atoms with Crippen molar-refractivity contribution in [3.63, 3.8) is 0 Å². The van der Waals surface area contributed by atoms with Crippen molar-refractivity contribution < 1.29 is 0 Å². The summed E-state index contributed by atoms with van der Waals surface area (Å²) in [5, 5.41) is 7.71. The summed E-state index contributed by atoms with van der Waals surface area (Å²) >= 11 is 0. The van der Waals surface area contributed by atoms with Crippen molar-refractivity contribution in [1.29, 1.82) is 5.41 Å². The van der Waals surface area contributed by atoms with E-state index in [9.17, 15) is 0 Å². The zero-order valence-corrected chi connectivity index (χ0v) is 11.9. The van der Waals surface area contributed by atoms with E-state index in [4.69, 9.17) is 11.1 Å². The van der Waals surface area contributed by atoms with Gasteiger partial charge in [0.25, 0.3) is 0 Å². The number of amidine groups is 1. The standard InChI is InChI=1S/C15H24N4/c1-11(2)10-19(12-6-3-4-7-12)13-8-5-9-18-14(13)15(16)17/h5,8-9,11-12H,3-4,6-7,10H2,1-2H3,(H3,16,17). The van der Waals surface area contributed by atoms with Crippen LogP contribution in [-0.4, -0.2) is 23.4 Å². The largest absolute Gasteiger partial charge is 0.382 e. The molecule has 1 aliphatic carbocycles. The Labute approximate surface area is 115 Å². The summed E-state index contributed by atoms with van der Waals surface area (Å²) < 4.78 is 0. The number of hydrogen-bond donors (Lipinski definition) is 2. The summed E-state index contributed by atoms with van der Waals surface area (Å²) in [6.07, 6.45) is 6.78. The van der Waals surface area contributed by atoms with E-state index in [1.807, 2.05) is 12.1 Å². The fourth-order valence-electron chi connectivity index (χ4n) is 2.89. The Morgan fingerprint density at radius 3 is 2.74 bits per heavy atom. The van der Waals surface area contributed by atoms with Gasteiger partial charge in [0.15, 0.2) is 0 Å². The number of rotatable bonds is 5. The fraction of sp³-hybridized carbons (Fsp3) is 0.600. The van der Waals surface area contributed by atoms with Crippen molar-refractivity contribution in [2.75, 3.05) is 11.4 Å². The second-order valence-corrected chi connectivity index (χ2v) is 5.77. The lowest BCUT2D eigenvalue weighted by Crippen LogP contribution is -2.38. The maximum atomic E-state index is 7.71. The number of nitrogen functional groups attached to an aromatic ring is 1. The molecule has 1 fully saturated rings. The molecule has 0 radical (unpaired) electrons. The molecule has 0 unspecified atom stereocenters. The van der Waals surface area contributed by atoms with Crippen molar-refractivity contribution >= 4 is 11.5 Å². The summed E-state index contributed by atoms with van der Waals surface area (Å²) in [7, 11) is 0. The van der Waals surface area contributed by atoms with Crippen LogP contribution in [0.5, 0.6) is 0 Å². The third-order valence-corrected chi connectivity index (χ3v) is 3.68. The lowest BCUT2D eigenvalue weighted by Gasteiger charge is -2.33. The lowest BCUT2D eigenvalue weighted by atomic mass is 10.1. The molecule has 0 saturated heterocycles. The minimum absolute atomic E-state index is 0.0577. The van der Waals surface area contributed by atoms with E-state index in [0.29, 0.717) is 17.7 Å². The molecule has 0 amide bonds. The maximum absolute atomic E-state index is 7.71. The summed E-state index contributed by atoms with van der Waals surface area (Å²) in [4.78, 5) is 6.70. The van der Waals surface area contributed by atoms with Crippen LogP contribution in [0.2, 0.25) is 0 Å². The highest BCUT2D eigenvalue weighted by Crippen LogP contribution is 2.30. The first-order valence-electron chi connectivity index (χ1n) is 7.15. The van der Waals surface area contributed by atoms with Gasteiger partial charge in [0.2, 0.25) is 0 Å². The van der Waals surface area contributed by atoms with Crippen LogP contribution in [0.3, 0.4) is 0 Å². The molecule has 1 aromatic rings. The molecule has 4 heteroatoms. The fourth-order valence-corrected chi connectivity index (χ4v) is 2.89. The molecule has 3 N–H and O–H groups in total. The predicted octanol–water partition coefficient (Wildman–Crippen LogP) is 2.77. The Hall–Kier alpha value is -1.58. The number of anilines is 1. The number of nitrogens with one attached hydrogen (secondary N) is 1. The van der Waals surface area contributed by atoms with Crippen molar-refractivity contribution in [3.8, 4) is 0 Å². The van der Waals surface area contributed by atoms with Gasteiger partial charge < -0.3 is 10.6 Å². The smallest absolute Gasteiger partial charge is 0.143 e. The van der Waals surface area contributed by atoms with Gasteiger partial charge in [-0.25, -0.2) is 0 Å². The van der Waals surface area contributed by atoms with Gasteiger partial charge >= 0.3 is 0 Å². The van der Waals surface area contributed by atoms with Gasteiger partial charge in [0.05, 0.1) is 5.69 Å². The summed E-state index contributed by atoms with van der Waals surface area (Å²) in [5.41, 5.74) is 7.32. The van der Waals surface area contributed by atoms with E-state index in [-0.39, 0.29) is 5.84 Å². The number of aromatic nitrogens is 1. The first-order valence-corrected chi connectivity index (χ1v) is 7.15. The summed E-state index contributed by atoms with van der Waals surface area (Å²) in [6.45, 7) is 5.45. The number of nitrogens with two attached hydrogens (primary N) is 1. The molecule has 1 aliphatic rings. The third-order valence-electron chi connectivity index (χ3n) is 3.68. The predicted molar refractivity (Wildman–Crippen MR) is 79.7 cm³/mol. The molecule has 0 bridgehead atoms. The molecule has 0 aromatic carbocycles. The average molecular weight is 260 g/mol. The highest BCUT2D eigenvalue weighted by Gasteiger charge is 2.25. The molecule has 0 atom stereocenters. The first-order chi connectivity index (χ1) is 9.09. The van der Waals surface area contributed by atoms with Gasteiger partial charge in [-0.05, 0) is 30.9 Å². The van der Waals surface area contributed by atoms with Crippen LogP contribution in [-0.2, 0) is 0 Å². The van der Waals surface area contributed by atoms with E-state index in [2.05, 4.69) is 23.7 Å². The zero-order chi connectivity index (χ0) is 13.8. The Bertz CT molecular complexity index is 436. The highest BCUT2D eigenvalue weighted by atomic mass is 15.2. The van der Waals surface area contributed by atoms with Gasteiger partial charge in [0, 0.05) is 18.8 Å². The van der Waals surface area contributed by atoms with Gasteiger partial charge in [-0.3, -0.25) is 10.4 Å². The van der Waals surface area contributed by atoms with Crippen molar-refractivity contribution in [3.05, 3.63) is 24.0 Å². The van der Waals surface area contributed by atoms with Gasteiger partial charge in [-0.1, -0.05) is 26.7 Å². The van der Waals surface area contributed by atoms with E-state index < -0.39 is 0 Å². The van der Waals surface area contributed by atoms with Gasteiger partial charge in [-0.2, -0.15) is 0 Å². The van der Waals surface area contributed by atoms with E-state index in [1.165, 1.54) is 25.7 Å². The van der Waals surface area contributed by atoms with Crippen molar-refractivity contribution in [2.24, 2.45) is 11.7 Å². The second-order valence-electron chi connectivity index (χ2n) is 5.77. The van der Waals surface area contributed by atoms with E-state index in [1.54, 1.807) is 6.20 Å². The first kappa shape index (κ1) is 13.8. The molecule has 0 aliphatic heterocycles. The second kappa shape index (κ2) is 6.04. The van der Waals surface area contributed by atoms with E-state index >= 15 is 0 Å². The normalized spacial score (nSPS) is 15.9. The van der Waals surface area contributed by atoms with Crippen LogP contribution in [0.4, 0.5) is 5.69 Å². The molecule has 19 heavy (non-hydrogen) atoms. The Kier molecular flexibility index (Phi) is 4.40. The van der Waals surface area contributed by atoms with Crippen molar-refractivity contribution in [2.45, 2.75) is 45.6 Å². The highest BCUT2D eigenvalue weighted by molar-refractivity contribution is 5.98. The Balaban J connectivity index is 2.34. The molecular weight excluding hydrogens is 236 g/mol. The summed E-state index contributed by atoms with van der Waals surface area (Å²) in [6, 6.07) is 4.55. The topological polar surface area (TPSA) is 66.0 Å². The number of hydrogen-bond acceptors (Lipinski definition) is 3. The third kappa shape index (κ3) is 3.25. The molecule has 1 heterocycles. The summed E-state index contributed by atoms with van der Waals surface area (Å²) in [5.74, 6) is 0.642. The van der Waals surface area contributed by atoms with Crippen LogP contribution in [0, 0.1) is 11.3 Å². The minimum atomic E-state index is 0.0577. The average Bonchev–Trinajstić information content (AvgIpc) is 2.89. The number of pyridine rings is 1. The van der Waals surface area contributed by atoms with Gasteiger partial charge in [0.1, 0.15) is 11.5 Å². The quantitative estimate of drug-likeness (QED) is 0.632. The lowest BCUT2D eigenvalue weighted by molar-refractivity contribution is 0.535. The maximum Gasteiger partial charge on any atom is 0.143 e. The van der Waals surface area contributed by atoms with Crippen LogP contribution in [0.25, 0.3) is 0 Å². The molecule has 2 rings (SSSR count). The van der Waals surface area contributed by atoms with Crippen molar-refractivity contribution in [1.82, 2.24) is 4.98 Å². The molecule has 1 saturated carbocycles. The monoisotopic (exact) mass is 260 g/mol. The minimum Gasteiger partial charge on any atom is -0.382 e. The van der Waals surface area contributed by atoms with E-state index in [0.717, 1.165) is 12.2 Å². The van der Waals surface area contributed by atoms with Crippen LogP contribution in [0.15, 0.2) is 18.3 Å². The van der Waals surface area contributed by atoms with Crippen LogP contribution >= 0.6 is 0 Å². The van der Waals surface area contributed by atoms with Gasteiger partial charge in [-0.15, -0.1) is 0 Å². The SMILES string of the molecule is CC(C)CN(c1cccnc1C(=N)N)C1CCCC1. The Morgan fingerprint density at radius 1 is 1.47 bits per heavy atom. The molecule has 0 spiro atoms. The zero-order valence-electron chi connectivity index (χ0n) is 11.9. The Morgan fingerprint density at radius 2 is 2.16 bits per heavy atom. The van der Waals surface area contributed by atoms with Crippen LogP contribution in [0.1, 0.15) is 45.2 Å². The van der Waals surface area contributed by atoms with Crippen LogP contribution < -0.4 is 10.6 Å².